The Balaban J connectivity index is 2.37. The van der Waals surface area contributed by atoms with E-state index in [9.17, 15) is 14.5 Å². The number of nitro groups is 1. The molecule has 0 bridgehead atoms. The maximum atomic E-state index is 14.1. The van der Waals surface area contributed by atoms with E-state index in [2.05, 4.69) is 5.10 Å². The Morgan fingerprint density at radius 1 is 1.43 bits per heavy atom. The first kappa shape index (κ1) is 15.1. The van der Waals surface area contributed by atoms with Gasteiger partial charge in [-0.15, -0.1) is 0 Å². The van der Waals surface area contributed by atoms with Gasteiger partial charge >= 0.3 is 5.69 Å². The Morgan fingerprint density at radius 2 is 2.14 bits per heavy atom. The summed E-state index contributed by atoms with van der Waals surface area (Å²) in [5, 5.41) is 15.1. The van der Waals surface area contributed by atoms with Gasteiger partial charge in [0.2, 0.25) is 5.82 Å². The number of nitro benzene ring substituents is 1. The van der Waals surface area contributed by atoms with Gasteiger partial charge in [0.25, 0.3) is 0 Å². The lowest BCUT2D eigenvalue weighted by atomic mass is 10.1. The quantitative estimate of drug-likeness (QED) is 0.675. The third-order valence-corrected chi connectivity index (χ3v) is 3.50. The number of halogens is 1. The number of aryl methyl sites for hydroxylation is 1. The number of nitrogens with two attached hydrogens (primary N) is 1. The van der Waals surface area contributed by atoms with Crippen molar-refractivity contribution in [2.75, 3.05) is 6.54 Å². The maximum Gasteiger partial charge on any atom is 0.305 e. The Kier molecular flexibility index (Phi) is 4.32. The van der Waals surface area contributed by atoms with Crippen molar-refractivity contribution in [2.45, 2.75) is 26.8 Å². The third-order valence-electron chi connectivity index (χ3n) is 3.50. The summed E-state index contributed by atoms with van der Waals surface area (Å²) in [6, 6.07) is 4.16. The highest BCUT2D eigenvalue weighted by Crippen LogP contribution is 2.22. The summed E-state index contributed by atoms with van der Waals surface area (Å²) in [6.07, 6.45) is 0.703. The molecule has 1 aromatic heterocycles. The van der Waals surface area contributed by atoms with Gasteiger partial charge in [0, 0.05) is 17.3 Å². The molecule has 0 saturated heterocycles. The van der Waals surface area contributed by atoms with Gasteiger partial charge in [0.1, 0.15) is 0 Å². The van der Waals surface area contributed by atoms with Crippen molar-refractivity contribution in [1.82, 2.24) is 9.78 Å². The van der Waals surface area contributed by atoms with E-state index in [1.54, 1.807) is 4.68 Å². The molecule has 0 aliphatic carbocycles. The number of hydrogen-bond donors (Lipinski definition) is 1. The Labute approximate surface area is 121 Å². The summed E-state index contributed by atoms with van der Waals surface area (Å²) in [6.45, 7) is 4.43. The molecule has 1 aromatic carbocycles. The second-order valence-corrected chi connectivity index (χ2v) is 4.85. The minimum atomic E-state index is -0.810. The molecule has 112 valence electrons. The fourth-order valence-electron chi connectivity index (χ4n) is 2.38. The van der Waals surface area contributed by atoms with Crippen LogP contribution in [0.2, 0.25) is 0 Å². The van der Waals surface area contributed by atoms with Crippen LogP contribution in [0, 0.1) is 29.8 Å². The zero-order valence-electron chi connectivity index (χ0n) is 12.0. The lowest BCUT2D eigenvalue weighted by Gasteiger charge is -2.07. The zero-order chi connectivity index (χ0) is 15.6. The van der Waals surface area contributed by atoms with Gasteiger partial charge in [0.05, 0.1) is 17.2 Å². The van der Waals surface area contributed by atoms with Crippen molar-refractivity contribution in [2.24, 2.45) is 5.73 Å². The summed E-state index contributed by atoms with van der Waals surface area (Å²) in [4.78, 5) is 10.0. The highest BCUT2D eigenvalue weighted by molar-refractivity contribution is 5.37. The minimum Gasteiger partial charge on any atom is -0.330 e. The van der Waals surface area contributed by atoms with Crippen molar-refractivity contribution in [1.29, 1.82) is 0 Å². The second-order valence-electron chi connectivity index (χ2n) is 4.85. The van der Waals surface area contributed by atoms with Crippen molar-refractivity contribution < 1.29 is 9.31 Å². The van der Waals surface area contributed by atoms with Gasteiger partial charge in [-0.25, -0.2) is 0 Å². The standard InChI is InChI=1S/C14H17FN4O2/c1-9-12(6-7-16)10(2)18(17-9)8-11-4-3-5-13(14(11)15)19(20)21/h3-5H,6-8,16H2,1-2H3. The highest BCUT2D eigenvalue weighted by Gasteiger charge is 2.19. The molecule has 0 spiro atoms. The molecule has 0 aliphatic heterocycles. The summed E-state index contributed by atoms with van der Waals surface area (Å²) in [5.41, 5.74) is 8.09. The largest absolute Gasteiger partial charge is 0.330 e. The van der Waals surface area contributed by atoms with E-state index in [0.717, 1.165) is 23.0 Å². The number of aromatic nitrogens is 2. The summed E-state index contributed by atoms with van der Waals surface area (Å²) in [5.74, 6) is -0.810. The minimum absolute atomic E-state index is 0.157. The van der Waals surface area contributed by atoms with Gasteiger partial charge < -0.3 is 5.73 Å². The first-order valence-electron chi connectivity index (χ1n) is 6.60. The van der Waals surface area contributed by atoms with Gasteiger partial charge in [-0.05, 0) is 32.4 Å². The van der Waals surface area contributed by atoms with Crippen molar-refractivity contribution >= 4 is 5.69 Å². The lowest BCUT2D eigenvalue weighted by Crippen LogP contribution is -2.08. The van der Waals surface area contributed by atoms with Crippen molar-refractivity contribution in [3.05, 3.63) is 56.6 Å². The Hall–Kier alpha value is -2.28. The smallest absolute Gasteiger partial charge is 0.305 e. The lowest BCUT2D eigenvalue weighted by molar-refractivity contribution is -0.387. The van der Waals surface area contributed by atoms with Gasteiger partial charge in [-0.2, -0.15) is 9.49 Å². The molecular formula is C14H17FN4O2. The van der Waals surface area contributed by atoms with E-state index >= 15 is 0 Å². The van der Waals surface area contributed by atoms with E-state index in [4.69, 9.17) is 5.73 Å². The molecule has 0 unspecified atom stereocenters. The maximum absolute atomic E-state index is 14.1. The SMILES string of the molecule is Cc1nn(Cc2cccc([N+](=O)[O-])c2F)c(C)c1CCN. The van der Waals surface area contributed by atoms with E-state index in [1.165, 1.54) is 12.1 Å². The first-order valence-corrected chi connectivity index (χ1v) is 6.60. The average molecular weight is 292 g/mol. The van der Waals surface area contributed by atoms with Crippen LogP contribution in [0.1, 0.15) is 22.5 Å². The van der Waals surface area contributed by atoms with Gasteiger partial charge in [0.15, 0.2) is 0 Å². The fourth-order valence-corrected chi connectivity index (χ4v) is 2.38. The molecule has 0 aliphatic rings. The van der Waals surface area contributed by atoms with Crippen LogP contribution in [0.5, 0.6) is 0 Å². The zero-order valence-corrected chi connectivity index (χ0v) is 12.0. The monoisotopic (exact) mass is 292 g/mol. The van der Waals surface area contributed by atoms with Crippen LogP contribution in [0.25, 0.3) is 0 Å². The molecule has 0 atom stereocenters. The molecule has 1 heterocycles. The Morgan fingerprint density at radius 3 is 2.76 bits per heavy atom. The van der Waals surface area contributed by atoms with Crippen LogP contribution in [-0.4, -0.2) is 21.2 Å². The topological polar surface area (TPSA) is 87.0 Å². The van der Waals surface area contributed by atoms with Crippen LogP contribution >= 0.6 is 0 Å². The van der Waals surface area contributed by atoms with Crippen molar-refractivity contribution in [3.8, 4) is 0 Å². The molecule has 0 amide bonds. The van der Waals surface area contributed by atoms with Crippen LogP contribution in [-0.2, 0) is 13.0 Å². The van der Waals surface area contributed by atoms with Gasteiger partial charge in [-0.3, -0.25) is 14.8 Å². The normalized spacial score (nSPS) is 10.9. The number of rotatable bonds is 5. The van der Waals surface area contributed by atoms with Crippen molar-refractivity contribution in [3.63, 3.8) is 0 Å². The highest BCUT2D eigenvalue weighted by atomic mass is 19.1. The second kappa shape index (κ2) is 6.01. The first-order chi connectivity index (χ1) is 9.95. The summed E-state index contributed by atoms with van der Waals surface area (Å²) < 4.78 is 15.7. The molecular weight excluding hydrogens is 275 g/mol. The molecule has 6 nitrogen and oxygen atoms in total. The molecule has 0 saturated carbocycles. The molecule has 2 aromatic rings. The molecule has 2 N–H and O–H groups in total. The molecule has 21 heavy (non-hydrogen) atoms. The third kappa shape index (κ3) is 2.92. The summed E-state index contributed by atoms with van der Waals surface area (Å²) in [7, 11) is 0. The van der Waals surface area contributed by atoms with Crippen LogP contribution in [0.4, 0.5) is 10.1 Å². The number of hydrogen-bond acceptors (Lipinski definition) is 4. The van der Waals surface area contributed by atoms with E-state index in [1.807, 2.05) is 13.8 Å². The van der Waals surface area contributed by atoms with Crippen LogP contribution in [0.3, 0.4) is 0 Å². The predicted octanol–water partition coefficient (Wildman–Crippen LogP) is 2.10. The van der Waals surface area contributed by atoms with E-state index < -0.39 is 16.4 Å². The van der Waals surface area contributed by atoms with E-state index in [-0.39, 0.29) is 12.1 Å². The number of benzene rings is 1. The predicted molar refractivity (Wildman–Crippen MR) is 76.6 cm³/mol. The molecule has 0 radical (unpaired) electrons. The average Bonchev–Trinajstić information content (AvgIpc) is 2.69. The van der Waals surface area contributed by atoms with Crippen LogP contribution < -0.4 is 5.73 Å². The number of nitrogens with zero attached hydrogens (tertiary/aromatic N) is 3. The molecule has 2 rings (SSSR count). The van der Waals surface area contributed by atoms with E-state index in [0.29, 0.717) is 13.0 Å². The van der Waals surface area contributed by atoms with Gasteiger partial charge in [-0.1, -0.05) is 12.1 Å². The fraction of sp³-hybridized carbons (Fsp3) is 0.357. The van der Waals surface area contributed by atoms with Crippen LogP contribution in [0.15, 0.2) is 18.2 Å². The Bertz CT molecular complexity index is 682. The summed E-state index contributed by atoms with van der Waals surface area (Å²) >= 11 is 0. The molecule has 7 heteroatoms. The molecule has 0 fully saturated rings.